The van der Waals surface area contributed by atoms with Crippen molar-refractivity contribution >= 4 is 15.5 Å². The van der Waals surface area contributed by atoms with Crippen LogP contribution in [0.2, 0.25) is 0 Å². The molecule has 1 saturated heterocycles. The van der Waals surface area contributed by atoms with Crippen LogP contribution in [0.3, 0.4) is 0 Å². The maximum absolute atomic E-state index is 11.4. The van der Waals surface area contributed by atoms with Gasteiger partial charge in [0, 0.05) is 37.4 Å². The molecule has 0 amide bonds. The van der Waals surface area contributed by atoms with Crippen LogP contribution in [0.4, 0.5) is 5.69 Å². The summed E-state index contributed by atoms with van der Waals surface area (Å²) in [5.74, 6) is 0. The number of hydrogen-bond donors (Lipinski definition) is 0. The average Bonchev–Trinajstić information content (AvgIpc) is 2.67. The van der Waals surface area contributed by atoms with Gasteiger partial charge in [-0.15, -0.1) is 0 Å². The molecule has 1 atom stereocenters. The number of hydrogen-bond acceptors (Lipinski definition) is 4. The molecule has 0 saturated carbocycles. The lowest BCUT2D eigenvalue weighted by molar-refractivity contribution is 0.589. The monoisotopic (exact) mass is 226 g/mol. The summed E-state index contributed by atoms with van der Waals surface area (Å²) in [6.07, 6.45) is 5.49. The highest BCUT2D eigenvalue weighted by atomic mass is 32.2. The lowest BCUT2D eigenvalue weighted by atomic mass is 10.4. The van der Waals surface area contributed by atoms with E-state index in [0.717, 1.165) is 18.7 Å². The summed E-state index contributed by atoms with van der Waals surface area (Å²) in [5.41, 5.74) is 1.05. The van der Waals surface area contributed by atoms with E-state index in [1.807, 2.05) is 12.1 Å². The van der Waals surface area contributed by atoms with E-state index in [-0.39, 0.29) is 5.25 Å². The first-order valence-electron chi connectivity index (χ1n) is 4.91. The van der Waals surface area contributed by atoms with E-state index in [2.05, 4.69) is 9.88 Å². The topological polar surface area (TPSA) is 50.3 Å². The predicted octanol–water partition coefficient (Wildman–Crippen LogP) is 0.705. The fourth-order valence-electron chi connectivity index (χ4n) is 1.87. The fourth-order valence-corrected chi connectivity index (χ4v) is 2.85. The van der Waals surface area contributed by atoms with Gasteiger partial charge in [0.1, 0.15) is 0 Å². The predicted molar refractivity (Wildman–Crippen MR) is 59.7 cm³/mol. The van der Waals surface area contributed by atoms with E-state index in [1.54, 1.807) is 12.4 Å². The Bertz CT molecular complexity index is 430. The van der Waals surface area contributed by atoms with E-state index in [4.69, 9.17) is 0 Å². The summed E-state index contributed by atoms with van der Waals surface area (Å²) in [4.78, 5) is 6.03. The minimum absolute atomic E-state index is 0.217. The van der Waals surface area contributed by atoms with Gasteiger partial charge in [-0.25, -0.2) is 8.42 Å². The fraction of sp³-hybridized carbons (Fsp3) is 0.500. The van der Waals surface area contributed by atoms with Gasteiger partial charge in [0.2, 0.25) is 0 Å². The summed E-state index contributed by atoms with van der Waals surface area (Å²) in [6.45, 7) is 1.41. The molecule has 0 aliphatic carbocycles. The van der Waals surface area contributed by atoms with Gasteiger partial charge < -0.3 is 4.90 Å². The average molecular weight is 226 g/mol. The largest absolute Gasteiger partial charge is 0.370 e. The van der Waals surface area contributed by atoms with E-state index in [0.29, 0.717) is 6.54 Å². The normalized spacial score (nSPS) is 21.9. The smallest absolute Gasteiger partial charge is 0.152 e. The highest BCUT2D eigenvalue weighted by Gasteiger charge is 2.29. The van der Waals surface area contributed by atoms with Crippen molar-refractivity contribution < 1.29 is 8.42 Å². The molecular formula is C10H14N2O2S. The highest BCUT2D eigenvalue weighted by Crippen LogP contribution is 2.22. The number of sulfone groups is 1. The highest BCUT2D eigenvalue weighted by molar-refractivity contribution is 7.91. The SMILES string of the molecule is CS(=O)(=O)C1CCN(c2ccncc2)C1. The number of nitrogens with zero attached hydrogens (tertiary/aromatic N) is 2. The third kappa shape index (κ3) is 2.28. The summed E-state index contributed by atoms with van der Waals surface area (Å²) < 4.78 is 22.7. The molecule has 0 aromatic carbocycles. The zero-order valence-corrected chi connectivity index (χ0v) is 9.44. The van der Waals surface area contributed by atoms with Gasteiger partial charge in [-0.3, -0.25) is 4.98 Å². The van der Waals surface area contributed by atoms with Crippen LogP contribution in [-0.4, -0.2) is 38.0 Å². The quantitative estimate of drug-likeness (QED) is 0.745. The molecule has 0 radical (unpaired) electrons. The van der Waals surface area contributed by atoms with Crippen molar-refractivity contribution in [3.05, 3.63) is 24.5 Å². The van der Waals surface area contributed by atoms with Crippen molar-refractivity contribution in [2.45, 2.75) is 11.7 Å². The molecule has 2 heterocycles. The molecule has 5 heteroatoms. The van der Waals surface area contributed by atoms with Crippen molar-refractivity contribution in [1.29, 1.82) is 0 Å². The Labute approximate surface area is 89.9 Å². The second-order valence-electron chi connectivity index (χ2n) is 3.89. The van der Waals surface area contributed by atoms with Gasteiger partial charge in [-0.05, 0) is 18.6 Å². The van der Waals surface area contributed by atoms with Crippen LogP contribution in [-0.2, 0) is 9.84 Å². The molecule has 1 aromatic heterocycles. The standard InChI is InChI=1S/C10H14N2O2S/c1-15(13,14)10-4-7-12(8-10)9-2-5-11-6-3-9/h2-3,5-6,10H,4,7-8H2,1H3. The maximum atomic E-state index is 11.4. The van der Waals surface area contributed by atoms with Crippen LogP contribution in [0.5, 0.6) is 0 Å². The number of anilines is 1. The van der Waals surface area contributed by atoms with Crippen molar-refractivity contribution in [1.82, 2.24) is 4.98 Å². The zero-order chi connectivity index (χ0) is 10.9. The van der Waals surface area contributed by atoms with Crippen LogP contribution in [0.15, 0.2) is 24.5 Å². The van der Waals surface area contributed by atoms with Crippen molar-refractivity contribution in [2.24, 2.45) is 0 Å². The molecule has 1 aliphatic heterocycles. The van der Waals surface area contributed by atoms with E-state index in [1.165, 1.54) is 6.26 Å². The third-order valence-electron chi connectivity index (χ3n) is 2.78. The molecule has 82 valence electrons. The first-order valence-corrected chi connectivity index (χ1v) is 6.86. The van der Waals surface area contributed by atoms with Crippen molar-refractivity contribution in [2.75, 3.05) is 24.2 Å². The van der Waals surface area contributed by atoms with Crippen molar-refractivity contribution in [3.63, 3.8) is 0 Å². The molecule has 1 aliphatic rings. The number of pyridine rings is 1. The van der Waals surface area contributed by atoms with Gasteiger partial charge in [0.05, 0.1) is 5.25 Å². The molecule has 1 unspecified atom stereocenters. The molecule has 0 spiro atoms. The molecule has 4 nitrogen and oxygen atoms in total. The second kappa shape index (κ2) is 3.81. The van der Waals surface area contributed by atoms with Gasteiger partial charge in [0.15, 0.2) is 9.84 Å². The Balaban J connectivity index is 2.12. The first kappa shape index (κ1) is 10.4. The van der Waals surface area contributed by atoms with Gasteiger partial charge >= 0.3 is 0 Å². The van der Waals surface area contributed by atoms with Gasteiger partial charge in [0.25, 0.3) is 0 Å². The van der Waals surface area contributed by atoms with Crippen molar-refractivity contribution in [3.8, 4) is 0 Å². The molecule has 0 bridgehead atoms. The molecule has 2 rings (SSSR count). The first-order chi connectivity index (χ1) is 7.07. The van der Waals surface area contributed by atoms with Crippen LogP contribution in [0.1, 0.15) is 6.42 Å². The lowest BCUT2D eigenvalue weighted by Crippen LogP contribution is -2.25. The van der Waals surface area contributed by atoms with Crippen LogP contribution < -0.4 is 4.90 Å². The summed E-state index contributed by atoms with van der Waals surface area (Å²) >= 11 is 0. The molecule has 0 N–H and O–H groups in total. The summed E-state index contributed by atoms with van der Waals surface area (Å²) in [6, 6.07) is 3.81. The molecule has 1 aromatic rings. The maximum Gasteiger partial charge on any atom is 0.152 e. The number of aromatic nitrogens is 1. The minimum Gasteiger partial charge on any atom is -0.370 e. The third-order valence-corrected chi connectivity index (χ3v) is 4.37. The number of rotatable bonds is 2. The van der Waals surface area contributed by atoms with Gasteiger partial charge in [-0.1, -0.05) is 0 Å². The lowest BCUT2D eigenvalue weighted by Gasteiger charge is -2.17. The van der Waals surface area contributed by atoms with Crippen LogP contribution in [0, 0.1) is 0 Å². The summed E-state index contributed by atoms with van der Waals surface area (Å²) in [5, 5.41) is -0.217. The van der Waals surface area contributed by atoms with Crippen LogP contribution >= 0.6 is 0 Å². The molecular weight excluding hydrogens is 212 g/mol. The Morgan fingerprint density at radius 2 is 2.07 bits per heavy atom. The summed E-state index contributed by atoms with van der Waals surface area (Å²) in [7, 11) is -2.90. The molecule has 1 fully saturated rings. The Morgan fingerprint density at radius 3 is 2.60 bits per heavy atom. The minimum atomic E-state index is -2.90. The second-order valence-corrected chi connectivity index (χ2v) is 6.22. The Kier molecular flexibility index (Phi) is 2.65. The van der Waals surface area contributed by atoms with E-state index < -0.39 is 9.84 Å². The van der Waals surface area contributed by atoms with E-state index in [9.17, 15) is 8.42 Å². The zero-order valence-electron chi connectivity index (χ0n) is 8.63. The van der Waals surface area contributed by atoms with E-state index >= 15 is 0 Å². The molecule has 15 heavy (non-hydrogen) atoms. The van der Waals surface area contributed by atoms with Gasteiger partial charge in [-0.2, -0.15) is 0 Å². The Morgan fingerprint density at radius 1 is 1.40 bits per heavy atom. The van der Waals surface area contributed by atoms with Crippen LogP contribution in [0.25, 0.3) is 0 Å². The Hall–Kier alpha value is -1.10.